The van der Waals surface area contributed by atoms with Crippen LogP contribution < -0.4 is 4.72 Å². The second-order valence-corrected chi connectivity index (χ2v) is 8.08. The Morgan fingerprint density at radius 1 is 1.04 bits per heavy atom. The van der Waals surface area contributed by atoms with E-state index >= 15 is 0 Å². The molecule has 2 aromatic carbocycles. The van der Waals surface area contributed by atoms with Gasteiger partial charge in [0.1, 0.15) is 0 Å². The van der Waals surface area contributed by atoms with Crippen LogP contribution >= 0.6 is 11.6 Å². The molecule has 2 aromatic rings. The molecule has 1 aliphatic rings. The summed E-state index contributed by atoms with van der Waals surface area (Å²) in [6, 6.07) is 15.9. The molecule has 0 saturated carbocycles. The Hall–Kier alpha value is -1.44. The first kappa shape index (κ1) is 18.4. The van der Waals surface area contributed by atoms with Crippen molar-refractivity contribution in [2.45, 2.75) is 10.9 Å². The maximum atomic E-state index is 12.5. The first-order chi connectivity index (χ1) is 12.1. The van der Waals surface area contributed by atoms with Gasteiger partial charge < -0.3 is 4.74 Å². The zero-order valence-electron chi connectivity index (χ0n) is 13.8. The highest BCUT2D eigenvalue weighted by molar-refractivity contribution is 7.89. The van der Waals surface area contributed by atoms with Crippen LogP contribution in [-0.4, -0.2) is 46.2 Å². The normalized spacial score (nSPS) is 17.3. The van der Waals surface area contributed by atoms with Crippen molar-refractivity contribution in [3.8, 4) is 0 Å². The monoisotopic (exact) mass is 380 g/mol. The van der Waals surface area contributed by atoms with E-state index in [1.807, 2.05) is 24.3 Å². The highest BCUT2D eigenvalue weighted by atomic mass is 35.5. The van der Waals surface area contributed by atoms with Gasteiger partial charge in [-0.2, -0.15) is 0 Å². The fraction of sp³-hybridized carbons (Fsp3) is 0.333. The minimum absolute atomic E-state index is 0.0698. The number of nitrogens with one attached hydrogen (secondary N) is 1. The quantitative estimate of drug-likeness (QED) is 0.837. The van der Waals surface area contributed by atoms with Crippen molar-refractivity contribution in [2.75, 3.05) is 32.8 Å². The Morgan fingerprint density at radius 2 is 1.68 bits per heavy atom. The zero-order valence-corrected chi connectivity index (χ0v) is 15.3. The minimum Gasteiger partial charge on any atom is -0.379 e. The predicted molar refractivity (Wildman–Crippen MR) is 98.2 cm³/mol. The summed E-state index contributed by atoms with van der Waals surface area (Å²) < 4.78 is 33.2. The van der Waals surface area contributed by atoms with Gasteiger partial charge in [0.05, 0.1) is 18.1 Å². The summed E-state index contributed by atoms with van der Waals surface area (Å²) >= 11 is 5.99. The SMILES string of the molecule is O=S(=O)(NCC(c1ccc(Cl)cc1)N1CCOCC1)c1ccccc1. The maximum Gasteiger partial charge on any atom is 0.240 e. The lowest BCUT2D eigenvalue weighted by Crippen LogP contribution is -2.43. The van der Waals surface area contributed by atoms with E-state index in [-0.39, 0.29) is 10.9 Å². The Balaban J connectivity index is 1.79. The van der Waals surface area contributed by atoms with E-state index in [1.165, 1.54) is 0 Å². The number of rotatable bonds is 6. The molecule has 134 valence electrons. The molecule has 0 aromatic heterocycles. The lowest BCUT2D eigenvalue weighted by molar-refractivity contribution is 0.0172. The number of sulfonamides is 1. The largest absolute Gasteiger partial charge is 0.379 e. The van der Waals surface area contributed by atoms with Crippen LogP contribution in [0.2, 0.25) is 5.02 Å². The van der Waals surface area contributed by atoms with Crippen molar-refractivity contribution in [3.05, 3.63) is 65.2 Å². The molecule has 3 rings (SSSR count). The van der Waals surface area contributed by atoms with Crippen molar-refractivity contribution >= 4 is 21.6 Å². The molecule has 25 heavy (non-hydrogen) atoms. The molecule has 1 N–H and O–H groups in total. The van der Waals surface area contributed by atoms with Gasteiger partial charge in [-0.15, -0.1) is 0 Å². The van der Waals surface area contributed by atoms with Crippen LogP contribution in [0, 0.1) is 0 Å². The van der Waals surface area contributed by atoms with E-state index in [9.17, 15) is 8.42 Å². The molecule has 0 spiro atoms. The number of nitrogens with zero attached hydrogens (tertiary/aromatic N) is 1. The maximum absolute atomic E-state index is 12.5. The number of ether oxygens (including phenoxy) is 1. The van der Waals surface area contributed by atoms with Crippen LogP contribution in [0.25, 0.3) is 0 Å². The first-order valence-corrected chi connectivity index (χ1v) is 10.0. The Bertz CT molecular complexity index is 776. The molecule has 7 heteroatoms. The van der Waals surface area contributed by atoms with Crippen molar-refractivity contribution < 1.29 is 13.2 Å². The topological polar surface area (TPSA) is 58.6 Å². The molecule has 5 nitrogen and oxygen atoms in total. The van der Waals surface area contributed by atoms with Gasteiger partial charge in [-0.1, -0.05) is 41.9 Å². The lowest BCUT2D eigenvalue weighted by Gasteiger charge is -2.35. The molecule has 1 fully saturated rings. The third-order valence-corrected chi connectivity index (χ3v) is 5.95. The Labute approximate surface area is 153 Å². The smallest absolute Gasteiger partial charge is 0.240 e. The molecule has 0 radical (unpaired) electrons. The fourth-order valence-electron chi connectivity index (χ4n) is 2.90. The average molecular weight is 381 g/mol. The number of benzene rings is 2. The van der Waals surface area contributed by atoms with Crippen LogP contribution in [0.15, 0.2) is 59.5 Å². The van der Waals surface area contributed by atoms with Gasteiger partial charge in [0.2, 0.25) is 10.0 Å². The Kier molecular flexibility index (Phi) is 6.09. The van der Waals surface area contributed by atoms with Gasteiger partial charge in [-0.3, -0.25) is 4.90 Å². The van der Waals surface area contributed by atoms with Crippen LogP contribution in [0.4, 0.5) is 0 Å². The standard InChI is InChI=1S/C18H21ClN2O3S/c19-16-8-6-15(7-9-16)18(21-10-12-24-13-11-21)14-20-25(22,23)17-4-2-1-3-5-17/h1-9,18,20H,10-14H2. The number of hydrogen-bond donors (Lipinski definition) is 1. The van der Waals surface area contributed by atoms with E-state index < -0.39 is 10.0 Å². The van der Waals surface area contributed by atoms with Gasteiger partial charge in [-0.05, 0) is 29.8 Å². The molecule has 1 heterocycles. The number of morpholine rings is 1. The molecule has 1 atom stereocenters. The minimum atomic E-state index is -3.54. The lowest BCUT2D eigenvalue weighted by atomic mass is 10.1. The highest BCUT2D eigenvalue weighted by Crippen LogP contribution is 2.23. The molecule has 0 aliphatic carbocycles. The summed E-state index contributed by atoms with van der Waals surface area (Å²) in [4.78, 5) is 2.51. The van der Waals surface area contributed by atoms with E-state index in [0.717, 1.165) is 18.7 Å². The average Bonchev–Trinajstić information content (AvgIpc) is 2.65. The molecular weight excluding hydrogens is 360 g/mol. The third kappa shape index (κ3) is 4.80. The summed E-state index contributed by atoms with van der Waals surface area (Å²) in [6.07, 6.45) is 0. The van der Waals surface area contributed by atoms with Gasteiger partial charge in [0.25, 0.3) is 0 Å². The number of hydrogen-bond acceptors (Lipinski definition) is 4. The van der Waals surface area contributed by atoms with Crippen molar-refractivity contribution in [2.24, 2.45) is 0 Å². The molecule has 1 unspecified atom stereocenters. The van der Waals surface area contributed by atoms with E-state index in [4.69, 9.17) is 16.3 Å². The van der Waals surface area contributed by atoms with Gasteiger partial charge in [-0.25, -0.2) is 13.1 Å². The van der Waals surface area contributed by atoms with E-state index in [2.05, 4.69) is 9.62 Å². The van der Waals surface area contributed by atoms with Crippen LogP contribution in [0.3, 0.4) is 0 Å². The molecule has 1 aliphatic heterocycles. The zero-order chi connectivity index (χ0) is 17.7. The molecular formula is C18H21ClN2O3S. The number of halogens is 1. The molecule has 0 bridgehead atoms. The fourth-order valence-corrected chi connectivity index (χ4v) is 4.09. The van der Waals surface area contributed by atoms with E-state index in [1.54, 1.807) is 30.3 Å². The summed E-state index contributed by atoms with van der Waals surface area (Å²) in [5.41, 5.74) is 1.03. The van der Waals surface area contributed by atoms with Crippen LogP contribution in [-0.2, 0) is 14.8 Å². The second kappa shape index (κ2) is 8.29. The van der Waals surface area contributed by atoms with Gasteiger partial charge in [0, 0.05) is 30.7 Å². The summed E-state index contributed by atoms with van der Waals surface area (Å²) in [5, 5.41) is 0.661. The highest BCUT2D eigenvalue weighted by Gasteiger charge is 2.25. The first-order valence-electron chi connectivity index (χ1n) is 8.18. The van der Waals surface area contributed by atoms with Crippen LogP contribution in [0.5, 0.6) is 0 Å². The molecule has 0 amide bonds. The van der Waals surface area contributed by atoms with Crippen molar-refractivity contribution in [3.63, 3.8) is 0 Å². The third-order valence-electron chi connectivity index (χ3n) is 4.26. The Morgan fingerprint density at radius 3 is 2.32 bits per heavy atom. The van der Waals surface area contributed by atoms with Gasteiger partial charge in [0.15, 0.2) is 0 Å². The summed E-state index contributed by atoms with van der Waals surface area (Å²) in [6.45, 7) is 3.12. The van der Waals surface area contributed by atoms with Crippen molar-refractivity contribution in [1.29, 1.82) is 0 Å². The van der Waals surface area contributed by atoms with E-state index in [0.29, 0.717) is 24.8 Å². The second-order valence-electron chi connectivity index (χ2n) is 5.88. The van der Waals surface area contributed by atoms with Crippen LogP contribution in [0.1, 0.15) is 11.6 Å². The molecule has 1 saturated heterocycles. The summed E-state index contributed by atoms with van der Waals surface area (Å²) in [5.74, 6) is 0. The predicted octanol–water partition coefficient (Wildman–Crippen LogP) is 2.69. The summed E-state index contributed by atoms with van der Waals surface area (Å²) in [7, 11) is -3.54. The van der Waals surface area contributed by atoms with Gasteiger partial charge >= 0.3 is 0 Å². The van der Waals surface area contributed by atoms with Crippen molar-refractivity contribution in [1.82, 2.24) is 9.62 Å².